The largest absolute Gasteiger partial charge is 0.374 e. The van der Waals surface area contributed by atoms with Crippen molar-refractivity contribution in [2.24, 2.45) is 5.73 Å². The van der Waals surface area contributed by atoms with Gasteiger partial charge in [0.05, 0.1) is 4.92 Å². The Labute approximate surface area is 97.0 Å². The van der Waals surface area contributed by atoms with Crippen LogP contribution >= 0.6 is 0 Å². The summed E-state index contributed by atoms with van der Waals surface area (Å²) in [6.45, 7) is 1.55. The van der Waals surface area contributed by atoms with E-state index in [1.165, 1.54) is 18.2 Å². The number of hydrogen-bond donors (Lipinski definition) is 2. The molecule has 0 spiro atoms. The zero-order chi connectivity index (χ0) is 13.0. The van der Waals surface area contributed by atoms with Crippen LogP contribution in [0.25, 0.3) is 0 Å². The standard InChI is InChI=1S/C10H10N4O3/c1-6(10(12)15)13-8-2-3-9(14(16)17)7(4-8)5-11/h2-4,6,13H,1H3,(H2,12,15). The molecule has 1 atom stereocenters. The van der Waals surface area contributed by atoms with Gasteiger partial charge in [-0.2, -0.15) is 5.26 Å². The van der Waals surface area contributed by atoms with E-state index in [4.69, 9.17) is 11.0 Å². The van der Waals surface area contributed by atoms with Gasteiger partial charge in [-0.05, 0) is 19.1 Å². The van der Waals surface area contributed by atoms with Gasteiger partial charge in [0.15, 0.2) is 0 Å². The molecular formula is C10H10N4O3. The Kier molecular flexibility index (Phi) is 3.62. The van der Waals surface area contributed by atoms with Crippen LogP contribution < -0.4 is 11.1 Å². The second kappa shape index (κ2) is 4.94. The number of nitrogens with one attached hydrogen (secondary N) is 1. The number of nitriles is 1. The second-order valence-electron chi connectivity index (χ2n) is 3.37. The van der Waals surface area contributed by atoms with Crippen molar-refractivity contribution in [3.05, 3.63) is 33.9 Å². The Hall–Kier alpha value is -2.62. The van der Waals surface area contributed by atoms with Crippen molar-refractivity contribution in [1.29, 1.82) is 5.26 Å². The van der Waals surface area contributed by atoms with Gasteiger partial charge in [0.1, 0.15) is 17.7 Å². The lowest BCUT2D eigenvalue weighted by Gasteiger charge is -2.11. The van der Waals surface area contributed by atoms with Crippen LogP contribution in [0.15, 0.2) is 18.2 Å². The van der Waals surface area contributed by atoms with Crippen molar-refractivity contribution < 1.29 is 9.72 Å². The first-order valence-electron chi connectivity index (χ1n) is 4.70. The van der Waals surface area contributed by atoms with Crippen molar-refractivity contribution in [3.63, 3.8) is 0 Å². The number of nitro benzene ring substituents is 1. The average molecular weight is 234 g/mol. The molecule has 3 N–H and O–H groups in total. The Balaban J connectivity index is 3.03. The summed E-state index contributed by atoms with van der Waals surface area (Å²) in [6, 6.07) is 5.02. The molecule has 0 bridgehead atoms. The van der Waals surface area contributed by atoms with E-state index in [2.05, 4.69) is 5.32 Å². The quantitative estimate of drug-likeness (QED) is 0.588. The van der Waals surface area contributed by atoms with E-state index in [0.717, 1.165) is 0 Å². The number of hydrogen-bond acceptors (Lipinski definition) is 5. The molecule has 1 aromatic rings. The summed E-state index contributed by atoms with van der Waals surface area (Å²) in [7, 11) is 0. The minimum Gasteiger partial charge on any atom is -0.374 e. The van der Waals surface area contributed by atoms with Gasteiger partial charge >= 0.3 is 0 Å². The van der Waals surface area contributed by atoms with Crippen molar-refractivity contribution >= 4 is 17.3 Å². The van der Waals surface area contributed by atoms with E-state index in [-0.39, 0.29) is 11.3 Å². The maximum absolute atomic E-state index is 10.8. The summed E-state index contributed by atoms with van der Waals surface area (Å²) in [4.78, 5) is 20.8. The predicted molar refractivity (Wildman–Crippen MR) is 60.1 cm³/mol. The summed E-state index contributed by atoms with van der Waals surface area (Å²) in [6.07, 6.45) is 0. The number of benzene rings is 1. The number of amides is 1. The summed E-state index contributed by atoms with van der Waals surface area (Å²) in [5.74, 6) is -0.554. The molecule has 1 aromatic carbocycles. The topological polar surface area (TPSA) is 122 Å². The monoisotopic (exact) mass is 234 g/mol. The number of carbonyl (C=O) groups is 1. The van der Waals surface area contributed by atoms with Crippen LogP contribution in [0.2, 0.25) is 0 Å². The highest BCUT2D eigenvalue weighted by molar-refractivity contribution is 5.82. The molecular weight excluding hydrogens is 224 g/mol. The lowest BCUT2D eigenvalue weighted by Crippen LogP contribution is -2.32. The number of nitrogens with zero attached hydrogens (tertiary/aromatic N) is 2. The highest BCUT2D eigenvalue weighted by Crippen LogP contribution is 2.22. The number of carbonyl (C=O) groups excluding carboxylic acids is 1. The molecule has 1 unspecified atom stereocenters. The lowest BCUT2D eigenvalue weighted by molar-refractivity contribution is -0.385. The summed E-state index contributed by atoms with van der Waals surface area (Å²) in [5, 5.41) is 22.1. The van der Waals surface area contributed by atoms with Gasteiger partial charge < -0.3 is 11.1 Å². The molecule has 0 aromatic heterocycles. The van der Waals surface area contributed by atoms with Crippen molar-refractivity contribution in [2.75, 3.05) is 5.32 Å². The Morgan fingerprint density at radius 3 is 2.76 bits per heavy atom. The van der Waals surface area contributed by atoms with Crippen LogP contribution in [0.5, 0.6) is 0 Å². The van der Waals surface area contributed by atoms with Crippen LogP contribution in [-0.2, 0) is 4.79 Å². The van der Waals surface area contributed by atoms with Gasteiger partial charge in [0, 0.05) is 11.8 Å². The van der Waals surface area contributed by atoms with E-state index in [1.54, 1.807) is 13.0 Å². The first-order valence-corrected chi connectivity index (χ1v) is 4.70. The zero-order valence-corrected chi connectivity index (χ0v) is 9.01. The van der Waals surface area contributed by atoms with E-state index in [1.807, 2.05) is 0 Å². The Morgan fingerprint density at radius 1 is 1.65 bits per heavy atom. The fraction of sp³-hybridized carbons (Fsp3) is 0.200. The molecule has 0 heterocycles. The zero-order valence-electron chi connectivity index (χ0n) is 9.01. The van der Waals surface area contributed by atoms with Crippen molar-refractivity contribution in [1.82, 2.24) is 0 Å². The van der Waals surface area contributed by atoms with Crippen LogP contribution in [0.3, 0.4) is 0 Å². The number of nitro groups is 1. The molecule has 1 rings (SSSR count). The molecule has 0 fully saturated rings. The van der Waals surface area contributed by atoms with E-state index in [9.17, 15) is 14.9 Å². The van der Waals surface area contributed by atoms with Gasteiger partial charge in [-0.15, -0.1) is 0 Å². The predicted octanol–water partition coefficient (Wildman–Crippen LogP) is 0.752. The first-order chi connectivity index (χ1) is 7.95. The SMILES string of the molecule is CC(Nc1ccc([N+](=O)[O-])c(C#N)c1)C(N)=O. The average Bonchev–Trinajstić information content (AvgIpc) is 2.28. The molecule has 0 aliphatic heterocycles. The first kappa shape index (κ1) is 12.4. The third-order valence-electron chi connectivity index (χ3n) is 2.12. The smallest absolute Gasteiger partial charge is 0.287 e. The van der Waals surface area contributed by atoms with Crippen LogP contribution in [0.4, 0.5) is 11.4 Å². The minimum atomic E-state index is -0.639. The second-order valence-corrected chi connectivity index (χ2v) is 3.37. The highest BCUT2D eigenvalue weighted by Gasteiger charge is 2.15. The lowest BCUT2D eigenvalue weighted by atomic mass is 10.1. The van der Waals surface area contributed by atoms with Crippen LogP contribution in [0.1, 0.15) is 12.5 Å². The van der Waals surface area contributed by atoms with E-state index >= 15 is 0 Å². The normalized spacial score (nSPS) is 11.3. The molecule has 88 valence electrons. The molecule has 0 aliphatic carbocycles. The van der Waals surface area contributed by atoms with Gasteiger partial charge in [-0.25, -0.2) is 0 Å². The molecule has 7 heteroatoms. The van der Waals surface area contributed by atoms with Crippen LogP contribution in [-0.4, -0.2) is 16.9 Å². The Morgan fingerprint density at radius 2 is 2.29 bits per heavy atom. The number of rotatable bonds is 4. The minimum absolute atomic E-state index is 0.0725. The third-order valence-corrected chi connectivity index (χ3v) is 2.12. The molecule has 0 radical (unpaired) electrons. The number of anilines is 1. The molecule has 1 amide bonds. The van der Waals surface area contributed by atoms with E-state index in [0.29, 0.717) is 5.69 Å². The van der Waals surface area contributed by atoms with Crippen molar-refractivity contribution in [3.8, 4) is 6.07 Å². The molecule has 0 aliphatic rings. The van der Waals surface area contributed by atoms with Crippen LogP contribution in [0, 0.1) is 21.4 Å². The molecule has 17 heavy (non-hydrogen) atoms. The van der Waals surface area contributed by atoms with Gasteiger partial charge in [0.25, 0.3) is 5.69 Å². The fourth-order valence-corrected chi connectivity index (χ4v) is 1.20. The summed E-state index contributed by atoms with van der Waals surface area (Å²) < 4.78 is 0. The molecule has 0 saturated heterocycles. The van der Waals surface area contributed by atoms with E-state index < -0.39 is 16.9 Å². The highest BCUT2D eigenvalue weighted by atomic mass is 16.6. The third kappa shape index (κ3) is 2.92. The van der Waals surface area contributed by atoms with Gasteiger partial charge in [-0.3, -0.25) is 14.9 Å². The van der Waals surface area contributed by atoms with Gasteiger partial charge in [-0.1, -0.05) is 0 Å². The summed E-state index contributed by atoms with van der Waals surface area (Å²) in [5.41, 5.74) is 5.14. The number of primary amides is 1. The molecule has 0 saturated carbocycles. The maximum Gasteiger partial charge on any atom is 0.287 e. The van der Waals surface area contributed by atoms with Crippen molar-refractivity contribution in [2.45, 2.75) is 13.0 Å². The number of nitrogens with two attached hydrogens (primary N) is 1. The van der Waals surface area contributed by atoms with Gasteiger partial charge in [0.2, 0.25) is 5.91 Å². The Bertz CT molecular complexity index is 507. The maximum atomic E-state index is 10.8. The fourth-order valence-electron chi connectivity index (χ4n) is 1.20. The molecule has 7 nitrogen and oxygen atoms in total. The summed E-state index contributed by atoms with van der Waals surface area (Å²) >= 11 is 0.